The molecule has 1 unspecified atom stereocenters. The lowest BCUT2D eigenvalue weighted by Gasteiger charge is -2.18. The Balaban J connectivity index is 4.30. The quantitative estimate of drug-likeness (QED) is 0.0346. The van der Waals surface area contributed by atoms with Crippen LogP contribution in [0.25, 0.3) is 0 Å². The maximum absolute atomic E-state index is 12.8. The summed E-state index contributed by atoms with van der Waals surface area (Å²) in [6.07, 6.45) is 74.8. The van der Waals surface area contributed by atoms with Gasteiger partial charge in [0.1, 0.15) is 6.61 Å². The number of esters is 2. The molecule has 0 aliphatic carbocycles. The topological polar surface area (TPSA) is 61.8 Å². The van der Waals surface area contributed by atoms with Crippen LogP contribution in [0.15, 0.2) is 85.1 Å². The molecule has 0 bridgehead atoms. The van der Waals surface area contributed by atoms with Crippen molar-refractivity contribution in [2.75, 3.05) is 19.8 Å². The van der Waals surface area contributed by atoms with Crippen molar-refractivity contribution in [3.05, 3.63) is 85.1 Å². The number of carbonyl (C=O) groups excluding carboxylic acids is 2. The zero-order valence-electron chi connectivity index (χ0n) is 43.7. The molecule has 0 fully saturated rings. The van der Waals surface area contributed by atoms with Gasteiger partial charge in [0.25, 0.3) is 0 Å². The third-order valence-electron chi connectivity index (χ3n) is 11.9. The Hall–Kier alpha value is -2.92. The molecule has 66 heavy (non-hydrogen) atoms. The standard InChI is InChI=1S/C61H106O5/c1-4-7-10-13-16-19-22-24-26-28-30-32-34-36-38-41-44-47-50-53-56-64-57-59(66-61(63)55-52-49-46-43-39-21-18-15-12-9-6-3)58-65-60(62)54-51-48-45-42-40-37-35-33-31-29-27-25-23-20-17-14-11-8-5-2/h8,11,15,17-18,20,25,27,31,33,37,40,45,48,59H,4-7,9-10,12-14,16,19,21-24,26,28-30,32,34-36,38-39,41-44,46-47,49-58H2,1-3H3/b11-8-,18-15-,20-17-,27-25-,33-31-,40-37-,48-45-. The lowest BCUT2D eigenvalue weighted by atomic mass is 10.0. The molecule has 0 spiro atoms. The van der Waals surface area contributed by atoms with Gasteiger partial charge < -0.3 is 14.2 Å². The minimum atomic E-state index is -0.572. The molecule has 0 saturated carbocycles. The lowest BCUT2D eigenvalue weighted by molar-refractivity contribution is -0.162. The summed E-state index contributed by atoms with van der Waals surface area (Å²) < 4.78 is 17.4. The van der Waals surface area contributed by atoms with Gasteiger partial charge in [-0.1, -0.05) is 260 Å². The Labute approximate surface area is 409 Å². The van der Waals surface area contributed by atoms with E-state index < -0.39 is 6.10 Å². The van der Waals surface area contributed by atoms with Crippen LogP contribution in [0.3, 0.4) is 0 Å². The van der Waals surface area contributed by atoms with Crippen LogP contribution >= 0.6 is 0 Å². The number of hydrogen-bond acceptors (Lipinski definition) is 5. The van der Waals surface area contributed by atoms with Crippen molar-refractivity contribution in [1.29, 1.82) is 0 Å². The van der Waals surface area contributed by atoms with E-state index in [9.17, 15) is 9.59 Å². The van der Waals surface area contributed by atoms with E-state index in [0.29, 0.717) is 25.9 Å². The molecule has 1 atom stereocenters. The zero-order valence-corrected chi connectivity index (χ0v) is 43.7. The number of unbranched alkanes of at least 4 members (excludes halogenated alkanes) is 26. The van der Waals surface area contributed by atoms with E-state index in [4.69, 9.17) is 14.2 Å². The predicted molar refractivity (Wildman–Crippen MR) is 288 cm³/mol. The van der Waals surface area contributed by atoms with Crippen LogP contribution in [0, 0.1) is 0 Å². The Kier molecular flexibility index (Phi) is 53.9. The lowest BCUT2D eigenvalue weighted by Crippen LogP contribution is -2.30. The van der Waals surface area contributed by atoms with Gasteiger partial charge in [-0.25, -0.2) is 0 Å². The first-order valence-electron chi connectivity index (χ1n) is 28.1. The minimum Gasteiger partial charge on any atom is -0.462 e. The maximum atomic E-state index is 12.8. The third kappa shape index (κ3) is 53.7. The van der Waals surface area contributed by atoms with E-state index in [0.717, 1.165) is 77.0 Å². The molecule has 0 saturated heterocycles. The first kappa shape index (κ1) is 63.1. The molecule has 5 nitrogen and oxygen atoms in total. The Morgan fingerprint density at radius 1 is 0.348 bits per heavy atom. The average molecular weight is 920 g/mol. The Morgan fingerprint density at radius 2 is 0.727 bits per heavy atom. The highest BCUT2D eigenvalue weighted by Crippen LogP contribution is 2.16. The Bertz CT molecular complexity index is 1220. The average Bonchev–Trinajstić information content (AvgIpc) is 3.32. The first-order chi connectivity index (χ1) is 32.6. The normalized spacial score (nSPS) is 12.8. The summed E-state index contributed by atoms with van der Waals surface area (Å²) in [5.74, 6) is -0.500. The SMILES string of the molecule is CC/C=C\C/C=C\C/C=C\C/C=C\C/C=C\C/C=C\CCC(=O)OCC(COCCCCCCCCCCCCCCCCCCCCCC)OC(=O)CCCCCCC/C=C\CCCC. The molecule has 0 aromatic carbocycles. The monoisotopic (exact) mass is 919 g/mol. The van der Waals surface area contributed by atoms with Gasteiger partial charge in [0.05, 0.1) is 6.61 Å². The van der Waals surface area contributed by atoms with Crippen molar-refractivity contribution in [2.45, 2.75) is 271 Å². The van der Waals surface area contributed by atoms with Gasteiger partial charge in [0.2, 0.25) is 0 Å². The summed E-state index contributed by atoms with van der Waals surface area (Å²) in [4.78, 5) is 25.4. The fourth-order valence-corrected chi connectivity index (χ4v) is 7.75. The summed E-state index contributed by atoms with van der Waals surface area (Å²) in [5.41, 5.74) is 0. The highest BCUT2D eigenvalue weighted by atomic mass is 16.6. The molecular formula is C61H106O5. The number of rotatable bonds is 51. The van der Waals surface area contributed by atoms with Crippen LogP contribution in [0.5, 0.6) is 0 Å². The molecule has 380 valence electrons. The molecule has 5 heteroatoms. The summed E-state index contributed by atoms with van der Waals surface area (Å²) in [5, 5.41) is 0. The van der Waals surface area contributed by atoms with Gasteiger partial charge in [0, 0.05) is 19.4 Å². The molecule has 0 rings (SSSR count). The van der Waals surface area contributed by atoms with Crippen LogP contribution in [0.4, 0.5) is 0 Å². The number of hydrogen-bond donors (Lipinski definition) is 0. The van der Waals surface area contributed by atoms with Crippen LogP contribution < -0.4 is 0 Å². The predicted octanol–water partition coefficient (Wildman–Crippen LogP) is 19.2. The van der Waals surface area contributed by atoms with E-state index in [1.807, 2.05) is 6.08 Å². The smallest absolute Gasteiger partial charge is 0.306 e. The first-order valence-corrected chi connectivity index (χ1v) is 28.1. The minimum absolute atomic E-state index is 0.0410. The van der Waals surface area contributed by atoms with Gasteiger partial charge in [0.15, 0.2) is 6.10 Å². The van der Waals surface area contributed by atoms with Crippen LogP contribution in [0.2, 0.25) is 0 Å². The van der Waals surface area contributed by atoms with Crippen LogP contribution in [-0.4, -0.2) is 37.9 Å². The van der Waals surface area contributed by atoms with Gasteiger partial charge in [-0.15, -0.1) is 0 Å². The van der Waals surface area contributed by atoms with Crippen molar-refractivity contribution in [3.63, 3.8) is 0 Å². The second-order valence-electron chi connectivity index (χ2n) is 18.5. The van der Waals surface area contributed by atoms with Crippen molar-refractivity contribution in [3.8, 4) is 0 Å². The van der Waals surface area contributed by atoms with Crippen molar-refractivity contribution >= 4 is 11.9 Å². The fourth-order valence-electron chi connectivity index (χ4n) is 7.75. The number of carbonyl (C=O) groups is 2. The number of ether oxygens (including phenoxy) is 3. The van der Waals surface area contributed by atoms with Gasteiger partial charge in [-0.2, -0.15) is 0 Å². The zero-order chi connectivity index (χ0) is 47.7. The molecular weight excluding hydrogens is 813 g/mol. The van der Waals surface area contributed by atoms with Crippen LogP contribution in [-0.2, 0) is 23.8 Å². The van der Waals surface area contributed by atoms with E-state index in [1.54, 1.807) is 0 Å². The van der Waals surface area contributed by atoms with Gasteiger partial charge in [-0.05, 0) is 77.0 Å². The summed E-state index contributed by atoms with van der Waals surface area (Å²) >= 11 is 0. The van der Waals surface area contributed by atoms with Crippen molar-refractivity contribution in [1.82, 2.24) is 0 Å². The van der Waals surface area contributed by atoms with E-state index >= 15 is 0 Å². The fraction of sp³-hybridized carbons (Fsp3) is 0.738. The van der Waals surface area contributed by atoms with Gasteiger partial charge >= 0.3 is 11.9 Å². The van der Waals surface area contributed by atoms with E-state index in [-0.39, 0.29) is 25.2 Å². The second kappa shape index (κ2) is 56.4. The van der Waals surface area contributed by atoms with Crippen LogP contribution in [0.1, 0.15) is 265 Å². The third-order valence-corrected chi connectivity index (χ3v) is 11.9. The molecule has 0 N–H and O–H groups in total. The van der Waals surface area contributed by atoms with Crippen molar-refractivity contribution < 1.29 is 23.8 Å². The second-order valence-corrected chi connectivity index (χ2v) is 18.5. The van der Waals surface area contributed by atoms with Crippen molar-refractivity contribution in [2.24, 2.45) is 0 Å². The molecule has 0 amide bonds. The van der Waals surface area contributed by atoms with E-state index in [2.05, 4.69) is 99.8 Å². The summed E-state index contributed by atoms with van der Waals surface area (Å²) in [6.45, 7) is 7.62. The molecule has 0 aliphatic heterocycles. The Morgan fingerprint density at radius 3 is 1.20 bits per heavy atom. The molecule has 0 radical (unpaired) electrons. The highest BCUT2D eigenvalue weighted by molar-refractivity contribution is 5.70. The summed E-state index contributed by atoms with van der Waals surface area (Å²) in [7, 11) is 0. The summed E-state index contributed by atoms with van der Waals surface area (Å²) in [6, 6.07) is 0. The molecule has 0 aliphatic rings. The molecule has 0 heterocycles. The molecule has 0 aromatic rings. The number of allylic oxidation sites excluding steroid dienone is 14. The van der Waals surface area contributed by atoms with E-state index in [1.165, 1.54) is 148 Å². The maximum Gasteiger partial charge on any atom is 0.306 e. The highest BCUT2D eigenvalue weighted by Gasteiger charge is 2.17. The van der Waals surface area contributed by atoms with Gasteiger partial charge in [-0.3, -0.25) is 9.59 Å². The largest absolute Gasteiger partial charge is 0.462 e. The molecule has 0 aromatic heterocycles.